The largest absolute Gasteiger partial charge is 0.378 e. The van der Waals surface area contributed by atoms with Crippen LogP contribution in [0.5, 0.6) is 0 Å². The van der Waals surface area contributed by atoms with Gasteiger partial charge in [-0.05, 0) is 14.0 Å². The van der Waals surface area contributed by atoms with Crippen LogP contribution in [0.3, 0.4) is 0 Å². The standard InChI is InChI=1S/C13H20N4OS2/c1-9-12(19-8-15-9)6-17(3)13-16-10(7-18-4)11(20-13)5-14-2/h8,14H,5-7H2,1-4H3. The van der Waals surface area contributed by atoms with Crippen molar-refractivity contribution in [2.75, 3.05) is 26.1 Å². The molecular formula is C13H20N4OS2. The van der Waals surface area contributed by atoms with Crippen molar-refractivity contribution < 1.29 is 4.74 Å². The molecule has 0 aliphatic heterocycles. The minimum Gasteiger partial charge on any atom is -0.378 e. The van der Waals surface area contributed by atoms with Crippen LogP contribution in [0.25, 0.3) is 0 Å². The fraction of sp³-hybridized carbons (Fsp3) is 0.538. The van der Waals surface area contributed by atoms with Gasteiger partial charge in [-0.2, -0.15) is 0 Å². The van der Waals surface area contributed by atoms with Gasteiger partial charge in [-0.1, -0.05) is 0 Å². The Hall–Kier alpha value is -1.02. The number of thiazole rings is 2. The first kappa shape index (κ1) is 15.4. The summed E-state index contributed by atoms with van der Waals surface area (Å²) in [5.74, 6) is 0. The molecular weight excluding hydrogens is 292 g/mol. The fourth-order valence-electron chi connectivity index (χ4n) is 1.84. The second-order valence-electron chi connectivity index (χ2n) is 4.55. The van der Waals surface area contributed by atoms with Crippen molar-refractivity contribution in [3.05, 3.63) is 26.7 Å². The van der Waals surface area contributed by atoms with E-state index in [0.717, 1.165) is 29.6 Å². The maximum atomic E-state index is 5.22. The van der Waals surface area contributed by atoms with Crippen LogP contribution in [0.2, 0.25) is 0 Å². The Morgan fingerprint density at radius 1 is 1.40 bits per heavy atom. The van der Waals surface area contributed by atoms with Crippen LogP contribution in [-0.4, -0.2) is 31.2 Å². The molecule has 0 fully saturated rings. The molecule has 0 radical (unpaired) electrons. The third-order valence-electron chi connectivity index (χ3n) is 2.94. The molecule has 20 heavy (non-hydrogen) atoms. The molecule has 110 valence electrons. The summed E-state index contributed by atoms with van der Waals surface area (Å²) in [6.45, 7) is 4.27. The molecule has 0 saturated heterocycles. The number of aryl methyl sites for hydroxylation is 1. The van der Waals surface area contributed by atoms with E-state index in [1.54, 1.807) is 29.8 Å². The van der Waals surface area contributed by atoms with Crippen molar-refractivity contribution in [1.29, 1.82) is 0 Å². The predicted molar refractivity (Wildman–Crippen MR) is 84.5 cm³/mol. The summed E-state index contributed by atoms with van der Waals surface area (Å²) in [5, 5.41) is 4.20. The van der Waals surface area contributed by atoms with Crippen LogP contribution in [0, 0.1) is 6.92 Å². The van der Waals surface area contributed by atoms with Crippen LogP contribution in [0.4, 0.5) is 5.13 Å². The maximum Gasteiger partial charge on any atom is 0.185 e. The lowest BCUT2D eigenvalue weighted by Crippen LogP contribution is -2.16. The molecule has 2 rings (SSSR count). The smallest absolute Gasteiger partial charge is 0.185 e. The monoisotopic (exact) mass is 312 g/mol. The number of nitrogens with zero attached hydrogens (tertiary/aromatic N) is 3. The highest BCUT2D eigenvalue weighted by Gasteiger charge is 2.15. The third-order valence-corrected chi connectivity index (χ3v) is 5.07. The van der Waals surface area contributed by atoms with Gasteiger partial charge in [0.1, 0.15) is 0 Å². The lowest BCUT2D eigenvalue weighted by atomic mass is 10.3. The van der Waals surface area contributed by atoms with Gasteiger partial charge in [-0.15, -0.1) is 22.7 Å². The van der Waals surface area contributed by atoms with Crippen molar-refractivity contribution in [3.8, 4) is 0 Å². The Bertz CT molecular complexity index is 529. The number of hydrogen-bond donors (Lipinski definition) is 1. The van der Waals surface area contributed by atoms with E-state index >= 15 is 0 Å². The van der Waals surface area contributed by atoms with Crippen LogP contribution in [0.15, 0.2) is 5.51 Å². The SMILES string of the molecule is CNCc1sc(N(C)Cc2scnc2C)nc1COC. The molecule has 5 nitrogen and oxygen atoms in total. The maximum absolute atomic E-state index is 5.22. The molecule has 7 heteroatoms. The van der Waals surface area contributed by atoms with Gasteiger partial charge >= 0.3 is 0 Å². The first-order valence-corrected chi connectivity index (χ1v) is 8.07. The van der Waals surface area contributed by atoms with Crippen LogP contribution in [0.1, 0.15) is 21.1 Å². The topological polar surface area (TPSA) is 50.3 Å². The number of rotatable bonds is 7. The number of aromatic nitrogens is 2. The number of nitrogens with one attached hydrogen (secondary N) is 1. The quantitative estimate of drug-likeness (QED) is 0.851. The molecule has 2 aromatic heterocycles. The van der Waals surface area contributed by atoms with Gasteiger partial charge in [0.2, 0.25) is 0 Å². The summed E-state index contributed by atoms with van der Waals surface area (Å²) in [7, 11) is 5.71. The highest BCUT2D eigenvalue weighted by molar-refractivity contribution is 7.15. The Balaban J connectivity index is 2.14. The fourth-order valence-corrected chi connectivity index (χ4v) is 3.71. The molecule has 0 unspecified atom stereocenters. The van der Waals surface area contributed by atoms with Crippen molar-refractivity contribution in [2.24, 2.45) is 0 Å². The van der Waals surface area contributed by atoms with Crippen molar-refractivity contribution in [2.45, 2.75) is 26.6 Å². The summed E-state index contributed by atoms with van der Waals surface area (Å²) < 4.78 is 5.22. The van der Waals surface area contributed by atoms with E-state index in [-0.39, 0.29) is 0 Å². The number of ether oxygens (including phenoxy) is 1. The number of anilines is 1. The Labute approximate surface area is 127 Å². The molecule has 1 N–H and O–H groups in total. The van der Waals surface area contributed by atoms with Gasteiger partial charge in [0, 0.05) is 30.5 Å². The average Bonchev–Trinajstić information content (AvgIpc) is 2.99. The Morgan fingerprint density at radius 3 is 2.80 bits per heavy atom. The minimum atomic E-state index is 0.556. The van der Waals surface area contributed by atoms with Gasteiger partial charge in [0.05, 0.1) is 30.1 Å². The van der Waals surface area contributed by atoms with E-state index in [2.05, 4.69) is 22.2 Å². The van der Waals surface area contributed by atoms with Crippen LogP contribution < -0.4 is 10.2 Å². The van der Waals surface area contributed by atoms with Gasteiger partial charge in [-0.25, -0.2) is 9.97 Å². The summed E-state index contributed by atoms with van der Waals surface area (Å²) >= 11 is 3.41. The van der Waals surface area contributed by atoms with Crippen molar-refractivity contribution >= 4 is 27.8 Å². The van der Waals surface area contributed by atoms with Crippen LogP contribution >= 0.6 is 22.7 Å². The second-order valence-corrected chi connectivity index (χ2v) is 6.55. The zero-order valence-corrected chi connectivity index (χ0v) is 13.9. The number of methoxy groups -OCH3 is 1. The van der Waals surface area contributed by atoms with Crippen LogP contribution in [-0.2, 0) is 24.4 Å². The van der Waals surface area contributed by atoms with Gasteiger partial charge in [0.15, 0.2) is 5.13 Å². The third kappa shape index (κ3) is 3.54. The molecule has 0 aliphatic rings. The minimum absolute atomic E-state index is 0.556. The lowest BCUT2D eigenvalue weighted by molar-refractivity contribution is 0.181. The molecule has 2 aromatic rings. The molecule has 0 amide bonds. The van der Waals surface area contributed by atoms with E-state index < -0.39 is 0 Å². The molecule has 0 spiro atoms. The van der Waals surface area contributed by atoms with E-state index in [1.807, 2.05) is 19.5 Å². The summed E-state index contributed by atoms with van der Waals surface area (Å²) in [6.07, 6.45) is 0. The second kappa shape index (κ2) is 7.12. The zero-order valence-electron chi connectivity index (χ0n) is 12.3. The highest BCUT2D eigenvalue weighted by Crippen LogP contribution is 2.28. The number of hydrogen-bond acceptors (Lipinski definition) is 7. The van der Waals surface area contributed by atoms with E-state index in [0.29, 0.717) is 6.61 Å². The Kier molecular flexibility index (Phi) is 5.47. The molecule has 2 heterocycles. The van der Waals surface area contributed by atoms with Crippen molar-refractivity contribution in [3.63, 3.8) is 0 Å². The highest BCUT2D eigenvalue weighted by atomic mass is 32.1. The van der Waals surface area contributed by atoms with Crippen molar-refractivity contribution in [1.82, 2.24) is 15.3 Å². The molecule has 0 bridgehead atoms. The van der Waals surface area contributed by atoms with E-state index in [9.17, 15) is 0 Å². The van der Waals surface area contributed by atoms with Gasteiger partial charge < -0.3 is 15.0 Å². The summed E-state index contributed by atoms with van der Waals surface area (Å²) in [5.41, 5.74) is 4.02. The molecule has 0 aliphatic carbocycles. The first-order chi connectivity index (χ1) is 9.65. The first-order valence-electron chi connectivity index (χ1n) is 6.38. The lowest BCUT2D eigenvalue weighted by Gasteiger charge is -2.14. The molecule has 0 saturated carbocycles. The van der Waals surface area contributed by atoms with E-state index in [1.165, 1.54) is 9.75 Å². The normalized spacial score (nSPS) is 11.0. The average molecular weight is 312 g/mol. The van der Waals surface area contributed by atoms with Gasteiger partial charge in [0.25, 0.3) is 0 Å². The summed E-state index contributed by atoms with van der Waals surface area (Å²) in [6, 6.07) is 0. The molecule has 0 aromatic carbocycles. The zero-order chi connectivity index (χ0) is 14.5. The predicted octanol–water partition coefficient (Wildman–Crippen LogP) is 2.41. The van der Waals surface area contributed by atoms with E-state index in [4.69, 9.17) is 9.72 Å². The van der Waals surface area contributed by atoms with Gasteiger partial charge in [-0.3, -0.25) is 0 Å². The Morgan fingerprint density at radius 2 is 2.20 bits per heavy atom. The molecule has 0 atom stereocenters. The summed E-state index contributed by atoms with van der Waals surface area (Å²) in [4.78, 5) is 13.7.